The third-order valence-electron chi connectivity index (χ3n) is 3.44. The number of nitrogens with two attached hydrogens (primary N) is 1. The third kappa shape index (κ3) is 1.59. The van der Waals surface area contributed by atoms with Crippen LogP contribution in [0.5, 0.6) is 0 Å². The van der Waals surface area contributed by atoms with E-state index in [-0.39, 0.29) is 0 Å². The van der Waals surface area contributed by atoms with Crippen LogP contribution < -0.4 is 5.73 Å². The average molecular weight is 226 g/mol. The number of nitrogen functional groups attached to an aromatic ring is 1. The average Bonchev–Trinajstić information content (AvgIpc) is 2.66. The number of hydrogen-bond acceptors (Lipinski definition) is 3. The number of rotatable bonds is 1. The van der Waals surface area contributed by atoms with Gasteiger partial charge >= 0.3 is 0 Å². The van der Waals surface area contributed by atoms with Crippen molar-refractivity contribution in [1.29, 1.82) is 0 Å². The quantitative estimate of drug-likeness (QED) is 0.777. The molecule has 0 aliphatic heterocycles. The first-order chi connectivity index (χ1) is 8.19. The van der Waals surface area contributed by atoms with Gasteiger partial charge in [-0.15, -0.1) is 0 Å². The maximum atomic E-state index is 10.7. The highest BCUT2D eigenvalue weighted by atomic mass is 16.3. The van der Waals surface area contributed by atoms with Crippen LogP contribution in [0.3, 0.4) is 0 Å². The molecule has 0 saturated carbocycles. The largest absolute Gasteiger partial charge is 0.398 e. The van der Waals surface area contributed by atoms with Crippen molar-refractivity contribution in [2.24, 2.45) is 0 Å². The zero-order valence-corrected chi connectivity index (χ0v) is 9.43. The molecule has 0 atom stereocenters. The van der Waals surface area contributed by atoms with Gasteiger partial charge in [-0.25, -0.2) is 0 Å². The number of hydrogen-bond donors (Lipinski definition) is 2. The molecule has 1 aromatic carbocycles. The summed E-state index contributed by atoms with van der Waals surface area (Å²) in [7, 11) is 0. The van der Waals surface area contributed by atoms with Crippen molar-refractivity contribution in [3.8, 4) is 0 Å². The molecule has 2 aromatic rings. The van der Waals surface area contributed by atoms with Gasteiger partial charge in [-0.2, -0.15) is 0 Å². The van der Waals surface area contributed by atoms with Gasteiger partial charge in [0, 0.05) is 36.5 Å². The summed E-state index contributed by atoms with van der Waals surface area (Å²) in [6, 6.07) is 9.84. The summed E-state index contributed by atoms with van der Waals surface area (Å²) in [4.78, 5) is 4.06. The normalized spacial score (nSPS) is 16.8. The van der Waals surface area contributed by atoms with Gasteiger partial charge in [0.05, 0.1) is 0 Å². The second-order valence-electron chi connectivity index (χ2n) is 4.62. The van der Waals surface area contributed by atoms with Crippen LogP contribution in [0.2, 0.25) is 0 Å². The van der Waals surface area contributed by atoms with E-state index in [1.807, 2.05) is 12.1 Å². The first kappa shape index (κ1) is 10.3. The fourth-order valence-corrected chi connectivity index (χ4v) is 2.58. The molecule has 3 nitrogen and oxygen atoms in total. The molecule has 0 amide bonds. The molecule has 3 rings (SSSR count). The van der Waals surface area contributed by atoms with E-state index in [0.29, 0.717) is 18.5 Å². The second kappa shape index (κ2) is 3.57. The Morgan fingerprint density at radius 1 is 1.12 bits per heavy atom. The van der Waals surface area contributed by atoms with E-state index in [1.165, 1.54) is 11.1 Å². The van der Waals surface area contributed by atoms with E-state index < -0.39 is 5.60 Å². The Kier molecular flexibility index (Phi) is 2.16. The SMILES string of the molecule is Nc1ccncc1C1(O)Cc2ccccc2C1. The molecular formula is C14H14N2O. The number of aliphatic hydroxyl groups is 1. The minimum Gasteiger partial charge on any atom is -0.398 e. The molecule has 3 N–H and O–H groups in total. The predicted molar refractivity (Wildman–Crippen MR) is 66.4 cm³/mol. The molecule has 0 saturated heterocycles. The van der Waals surface area contributed by atoms with Crippen LogP contribution in [-0.4, -0.2) is 10.1 Å². The number of anilines is 1. The van der Waals surface area contributed by atoms with Gasteiger partial charge in [-0.3, -0.25) is 4.98 Å². The number of nitrogens with zero attached hydrogens (tertiary/aromatic N) is 1. The van der Waals surface area contributed by atoms with Gasteiger partial charge in [0.2, 0.25) is 0 Å². The van der Waals surface area contributed by atoms with Gasteiger partial charge in [-0.1, -0.05) is 24.3 Å². The van der Waals surface area contributed by atoms with E-state index in [9.17, 15) is 5.11 Å². The van der Waals surface area contributed by atoms with Crippen molar-refractivity contribution in [1.82, 2.24) is 4.98 Å². The summed E-state index contributed by atoms with van der Waals surface area (Å²) in [5.74, 6) is 0. The monoisotopic (exact) mass is 226 g/mol. The molecule has 17 heavy (non-hydrogen) atoms. The Labute approximate surface area is 99.9 Å². The van der Waals surface area contributed by atoms with Crippen LogP contribution in [0.4, 0.5) is 5.69 Å². The fraction of sp³-hybridized carbons (Fsp3) is 0.214. The zero-order chi connectivity index (χ0) is 11.9. The zero-order valence-electron chi connectivity index (χ0n) is 9.43. The van der Waals surface area contributed by atoms with E-state index in [0.717, 1.165) is 5.56 Å². The lowest BCUT2D eigenvalue weighted by molar-refractivity contribution is 0.0487. The van der Waals surface area contributed by atoms with Crippen molar-refractivity contribution >= 4 is 5.69 Å². The molecule has 86 valence electrons. The van der Waals surface area contributed by atoms with Crippen LogP contribution in [0.25, 0.3) is 0 Å². The molecule has 0 fully saturated rings. The molecular weight excluding hydrogens is 212 g/mol. The minimum atomic E-state index is -0.901. The van der Waals surface area contributed by atoms with Gasteiger partial charge in [-0.05, 0) is 17.2 Å². The molecule has 0 bridgehead atoms. The second-order valence-corrected chi connectivity index (χ2v) is 4.62. The Balaban J connectivity index is 2.05. The van der Waals surface area contributed by atoms with E-state index in [4.69, 9.17) is 5.73 Å². The summed E-state index contributed by atoms with van der Waals surface area (Å²) >= 11 is 0. The maximum Gasteiger partial charge on any atom is 0.101 e. The summed E-state index contributed by atoms with van der Waals surface area (Å²) in [6.07, 6.45) is 4.53. The lowest BCUT2D eigenvalue weighted by Crippen LogP contribution is -2.27. The van der Waals surface area contributed by atoms with E-state index in [1.54, 1.807) is 18.5 Å². The topological polar surface area (TPSA) is 59.1 Å². The van der Waals surface area contributed by atoms with E-state index in [2.05, 4.69) is 17.1 Å². The van der Waals surface area contributed by atoms with Crippen molar-refractivity contribution in [2.75, 3.05) is 5.73 Å². The van der Waals surface area contributed by atoms with Gasteiger partial charge in [0.15, 0.2) is 0 Å². The van der Waals surface area contributed by atoms with Crippen LogP contribution in [0.15, 0.2) is 42.7 Å². The predicted octanol–water partition coefficient (Wildman–Crippen LogP) is 1.65. The smallest absolute Gasteiger partial charge is 0.101 e. The van der Waals surface area contributed by atoms with Crippen LogP contribution in [0, 0.1) is 0 Å². The van der Waals surface area contributed by atoms with Crippen molar-refractivity contribution in [3.05, 3.63) is 59.4 Å². The summed E-state index contributed by atoms with van der Waals surface area (Å²) in [5, 5.41) is 10.7. The number of fused-ring (bicyclic) bond motifs is 1. The summed E-state index contributed by atoms with van der Waals surface area (Å²) in [6.45, 7) is 0. The van der Waals surface area contributed by atoms with Gasteiger partial charge < -0.3 is 10.8 Å². The Morgan fingerprint density at radius 3 is 2.35 bits per heavy atom. The summed E-state index contributed by atoms with van der Waals surface area (Å²) < 4.78 is 0. The summed E-state index contributed by atoms with van der Waals surface area (Å²) in [5.41, 5.74) is 8.74. The highest BCUT2D eigenvalue weighted by Crippen LogP contribution is 2.39. The first-order valence-electron chi connectivity index (χ1n) is 5.68. The van der Waals surface area contributed by atoms with E-state index >= 15 is 0 Å². The van der Waals surface area contributed by atoms with Gasteiger partial charge in [0.25, 0.3) is 0 Å². The van der Waals surface area contributed by atoms with Crippen LogP contribution in [0.1, 0.15) is 16.7 Å². The molecule has 3 heteroatoms. The maximum absolute atomic E-state index is 10.7. The fourth-order valence-electron chi connectivity index (χ4n) is 2.58. The molecule has 1 heterocycles. The lowest BCUT2D eigenvalue weighted by atomic mass is 9.91. The molecule has 1 aliphatic rings. The molecule has 1 aromatic heterocycles. The minimum absolute atomic E-state index is 0.607. The van der Waals surface area contributed by atoms with Crippen molar-refractivity contribution in [3.63, 3.8) is 0 Å². The van der Waals surface area contributed by atoms with Gasteiger partial charge in [0.1, 0.15) is 5.60 Å². The molecule has 1 aliphatic carbocycles. The number of aromatic nitrogens is 1. The Bertz CT molecular complexity index is 541. The Hall–Kier alpha value is -1.87. The standard InChI is InChI=1S/C14H14N2O/c15-13-5-6-16-9-12(13)14(17)7-10-3-1-2-4-11(10)8-14/h1-6,9,17H,7-8H2,(H2,15,16). The highest BCUT2D eigenvalue weighted by Gasteiger charge is 2.37. The molecule has 0 unspecified atom stereocenters. The molecule has 0 radical (unpaired) electrons. The lowest BCUT2D eigenvalue weighted by Gasteiger charge is -2.23. The van der Waals surface area contributed by atoms with Crippen molar-refractivity contribution in [2.45, 2.75) is 18.4 Å². The van der Waals surface area contributed by atoms with Crippen molar-refractivity contribution < 1.29 is 5.11 Å². The number of benzene rings is 1. The number of pyridine rings is 1. The first-order valence-corrected chi connectivity index (χ1v) is 5.68. The Morgan fingerprint density at radius 2 is 1.76 bits per heavy atom. The third-order valence-corrected chi connectivity index (χ3v) is 3.44. The highest BCUT2D eigenvalue weighted by molar-refractivity contribution is 5.51. The molecule has 0 spiro atoms. The van der Waals surface area contributed by atoms with Crippen LogP contribution in [-0.2, 0) is 18.4 Å². The van der Waals surface area contributed by atoms with Crippen LogP contribution >= 0.6 is 0 Å².